The second-order valence-electron chi connectivity index (χ2n) is 4.83. The standard InChI is InChI=1S/C13H27NO2P2/c1-4-6-11(7-5-2)8-13(16)9-12(10-15)14(3)18-17/h10-12,18H,4-9,17H2,1-3H3. The highest BCUT2D eigenvalue weighted by Gasteiger charge is 2.19. The Morgan fingerprint density at radius 3 is 2.22 bits per heavy atom. The van der Waals surface area contributed by atoms with Crippen molar-refractivity contribution >= 4 is 29.4 Å². The van der Waals surface area contributed by atoms with E-state index in [0.717, 1.165) is 32.0 Å². The quantitative estimate of drug-likeness (QED) is 0.432. The Hall–Kier alpha value is 0.160. The van der Waals surface area contributed by atoms with Crippen molar-refractivity contribution in [1.29, 1.82) is 0 Å². The zero-order valence-electron chi connectivity index (χ0n) is 11.8. The maximum Gasteiger partial charge on any atom is 0.137 e. The van der Waals surface area contributed by atoms with Crippen LogP contribution in [0.25, 0.3) is 0 Å². The van der Waals surface area contributed by atoms with Gasteiger partial charge >= 0.3 is 0 Å². The first kappa shape index (κ1) is 18.2. The lowest BCUT2D eigenvalue weighted by atomic mass is 9.91. The van der Waals surface area contributed by atoms with Gasteiger partial charge in [-0.1, -0.05) is 48.5 Å². The lowest BCUT2D eigenvalue weighted by molar-refractivity contribution is -0.123. The first-order chi connectivity index (χ1) is 8.58. The van der Waals surface area contributed by atoms with Gasteiger partial charge in [0.05, 0.1) is 6.04 Å². The van der Waals surface area contributed by atoms with Crippen LogP contribution in [-0.4, -0.2) is 29.8 Å². The lowest BCUT2D eigenvalue weighted by Crippen LogP contribution is -2.29. The van der Waals surface area contributed by atoms with Crippen molar-refractivity contribution in [1.82, 2.24) is 4.67 Å². The van der Waals surface area contributed by atoms with E-state index in [-0.39, 0.29) is 11.8 Å². The molecule has 106 valence electrons. The molecule has 0 spiro atoms. The molecule has 0 aromatic carbocycles. The average molecular weight is 291 g/mol. The summed E-state index contributed by atoms with van der Waals surface area (Å²) in [5.41, 5.74) is 0. The van der Waals surface area contributed by atoms with Gasteiger partial charge in [0.2, 0.25) is 0 Å². The maximum atomic E-state index is 12.0. The highest BCUT2D eigenvalue weighted by molar-refractivity contribution is 8.01. The fourth-order valence-corrected chi connectivity index (χ4v) is 3.09. The van der Waals surface area contributed by atoms with Gasteiger partial charge < -0.3 is 4.79 Å². The minimum atomic E-state index is -0.253. The summed E-state index contributed by atoms with van der Waals surface area (Å²) in [4.78, 5) is 23.0. The Bertz CT molecular complexity index is 243. The van der Waals surface area contributed by atoms with E-state index in [0.29, 0.717) is 27.2 Å². The van der Waals surface area contributed by atoms with E-state index in [2.05, 4.69) is 22.8 Å². The minimum absolute atomic E-state index is 0.231. The van der Waals surface area contributed by atoms with Crippen LogP contribution in [0.4, 0.5) is 0 Å². The van der Waals surface area contributed by atoms with Crippen molar-refractivity contribution in [3.05, 3.63) is 0 Å². The van der Waals surface area contributed by atoms with Crippen LogP contribution in [0.1, 0.15) is 52.4 Å². The summed E-state index contributed by atoms with van der Waals surface area (Å²) >= 11 is 0. The minimum Gasteiger partial charge on any atom is -0.302 e. The molecule has 0 aliphatic rings. The Kier molecular flexibility index (Phi) is 11.1. The molecule has 0 radical (unpaired) electrons. The summed E-state index contributed by atoms with van der Waals surface area (Å²) < 4.78 is 1.92. The van der Waals surface area contributed by atoms with Crippen LogP contribution < -0.4 is 0 Å². The molecule has 5 heteroatoms. The van der Waals surface area contributed by atoms with Crippen LogP contribution in [0.3, 0.4) is 0 Å². The first-order valence-electron chi connectivity index (χ1n) is 6.75. The molecule has 18 heavy (non-hydrogen) atoms. The van der Waals surface area contributed by atoms with Gasteiger partial charge in [-0.3, -0.25) is 9.46 Å². The number of nitrogens with zero attached hydrogens (tertiary/aromatic N) is 1. The molecule has 0 aliphatic heterocycles. The van der Waals surface area contributed by atoms with E-state index >= 15 is 0 Å². The summed E-state index contributed by atoms with van der Waals surface area (Å²) in [7, 11) is 4.97. The normalized spacial score (nSPS) is 13.7. The van der Waals surface area contributed by atoms with E-state index < -0.39 is 0 Å². The number of Topliss-reactive ketones (excluding diaryl/α,β-unsaturated/α-hetero) is 1. The molecule has 0 bridgehead atoms. The number of hydrogen-bond acceptors (Lipinski definition) is 3. The van der Waals surface area contributed by atoms with Crippen LogP contribution in [0, 0.1) is 5.92 Å². The molecular formula is C13H27NO2P2. The van der Waals surface area contributed by atoms with Gasteiger partial charge in [0.15, 0.2) is 0 Å². The van der Waals surface area contributed by atoms with Crippen LogP contribution in [0.2, 0.25) is 0 Å². The summed E-state index contributed by atoms with van der Waals surface area (Å²) in [5.74, 6) is 0.734. The lowest BCUT2D eigenvalue weighted by Gasteiger charge is -2.21. The molecule has 3 unspecified atom stereocenters. The van der Waals surface area contributed by atoms with Crippen molar-refractivity contribution in [2.75, 3.05) is 7.05 Å². The Morgan fingerprint density at radius 1 is 1.28 bits per heavy atom. The van der Waals surface area contributed by atoms with Crippen molar-refractivity contribution in [2.24, 2.45) is 5.92 Å². The summed E-state index contributed by atoms with van der Waals surface area (Å²) in [6.45, 7) is 4.31. The van der Waals surface area contributed by atoms with Gasteiger partial charge in [-0.2, -0.15) is 0 Å². The van der Waals surface area contributed by atoms with Crippen LogP contribution in [-0.2, 0) is 9.59 Å². The van der Waals surface area contributed by atoms with Crippen LogP contribution in [0.15, 0.2) is 0 Å². The number of likely N-dealkylation sites (N-methyl/N-ethyl adjacent to an activating group) is 1. The number of aldehydes is 1. The van der Waals surface area contributed by atoms with Gasteiger partial charge in [-0.25, -0.2) is 0 Å². The zero-order chi connectivity index (χ0) is 14.0. The molecular weight excluding hydrogens is 264 g/mol. The number of carbonyl (C=O) groups is 2. The second-order valence-corrected chi connectivity index (χ2v) is 6.57. The molecule has 0 saturated carbocycles. The van der Waals surface area contributed by atoms with Gasteiger partial charge in [0, 0.05) is 12.8 Å². The molecule has 0 aromatic heterocycles. The Labute approximate surface area is 115 Å². The van der Waals surface area contributed by atoms with Gasteiger partial charge in [-0.05, 0) is 21.4 Å². The van der Waals surface area contributed by atoms with E-state index in [1.807, 2.05) is 11.7 Å². The predicted octanol–water partition coefficient (Wildman–Crippen LogP) is 3.44. The molecule has 0 aromatic rings. The fraction of sp³-hybridized carbons (Fsp3) is 0.846. The largest absolute Gasteiger partial charge is 0.302 e. The molecule has 0 heterocycles. The SMILES string of the molecule is CCCC(CCC)CC(=O)CC(C=O)N(C)PP. The highest BCUT2D eigenvalue weighted by atomic mass is 32.0. The van der Waals surface area contributed by atoms with E-state index in [1.54, 1.807) is 0 Å². The number of hydrogen-bond donors (Lipinski definition) is 0. The van der Waals surface area contributed by atoms with Crippen LogP contribution >= 0.6 is 17.3 Å². The summed E-state index contributed by atoms with van der Waals surface area (Å²) in [5, 5.41) is 0. The molecule has 0 rings (SSSR count). The topological polar surface area (TPSA) is 37.4 Å². The smallest absolute Gasteiger partial charge is 0.137 e. The Balaban J connectivity index is 4.24. The molecule has 0 amide bonds. The predicted molar refractivity (Wildman–Crippen MR) is 83.2 cm³/mol. The molecule has 0 fully saturated rings. The molecule has 0 saturated heterocycles. The van der Waals surface area contributed by atoms with E-state index in [4.69, 9.17) is 0 Å². The van der Waals surface area contributed by atoms with Crippen molar-refractivity contribution in [3.8, 4) is 0 Å². The highest BCUT2D eigenvalue weighted by Crippen LogP contribution is 2.28. The number of carbonyl (C=O) groups excluding carboxylic acids is 2. The Morgan fingerprint density at radius 2 is 1.83 bits per heavy atom. The second kappa shape index (κ2) is 11.0. The molecule has 0 N–H and O–H groups in total. The zero-order valence-corrected chi connectivity index (χ0v) is 14.0. The first-order valence-corrected chi connectivity index (χ1v) is 9.50. The summed E-state index contributed by atoms with van der Waals surface area (Å²) in [6.07, 6.45) is 6.39. The van der Waals surface area contributed by atoms with Gasteiger partial charge in [-0.15, -0.1) is 0 Å². The van der Waals surface area contributed by atoms with Crippen molar-refractivity contribution in [3.63, 3.8) is 0 Å². The molecule has 3 nitrogen and oxygen atoms in total. The van der Waals surface area contributed by atoms with Gasteiger partial charge in [0.25, 0.3) is 0 Å². The van der Waals surface area contributed by atoms with Gasteiger partial charge in [0.1, 0.15) is 12.1 Å². The molecule has 3 atom stereocenters. The summed E-state index contributed by atoms with van der Waals surface area (Å²) in [6, 6.07) is -0.253. The average Bonchev–Trinajstić information content (AvgIpc) is 2.35. The van der Waals surface area contributed by atoms with E-state index in [1.165, 1.54) is 0 Å². The number of rotatable bonds is 11. The number of ketones is 1. The maximum absolute atomic E-state index is 12.0. The molecule has 0 aliphatic carbocycles. The van der Waals surface area contributed by atoms with Crippen molar-refractivity contribution < 1.29 is 9.59 Å². The fourth-order valence-electron chi connectivity index (χ4n) is 2.18. The van der Waals surface area contributed by atoms with Crippen LogP contribution in [0.5, 0.6) is 0 Å². The van der Waals surface area contributed by atoms with E-state index in [9.17, 15) is 9.59 Å². The third-order valence-corrected chi connectivity index (χ3v) is 5.17. The van der Waals surface area contributed by atoms with Crippen molar-refractivity contribution in [2.45, 2.75) is 58.4 Å². The third-order valence-electron chi connectivity index (χ3n) is 3.21. The third kappa shape index (κ3) is 7.56. The monoisotopic (exact) mass is 291 g/mol.